The lowest BCUT2D eigenvalue weighted by molar-refractivity contribution is 0.598. The summed E-state index contributed by atoms with van der Waals surface area (Å²) in [5, 5.41) is 1.07. The van der Waals surface area contributed by atoms with E-state index >= 15 is 0 Å². The molecule has 1 heterocycles. The van der Waals surface area contributed by atoms with E-state index in [1.165, 1.54) is 4.70 Å². The third-order valence-corrected chi connectivity index (χ3v) is 3.26. The summed E-state index contributed by atoms with van der Waals surface area (Å²) in [5.41, 5.74) is 1.05. The zero-order valence-electron chi connectivity index (χ0n) is 6.93. The molecule has 4 heteroatoms. The zero-order chi connectivity index (χ0) is 9.10. The normalized spacial score (nSPS) is 11.1. The SMILES string of the molecule is O=PCCc1nc2ccccc2s1. The summed E-state index contributed by atoms with van der Waals surface area (Å²) >= 11 is 1.68. The van der Waals surface area contributed by atoms with E-state index in [2.05, 4.69) is 11.1 Å². The van der Waals surface area contributed by atoms with Gasteiger partial charge in [0.2, 0.25) is 0 Å². The highest BCUT2D eigenvalue weighted by atomic mass is 32.1. The molecule has 0 spiro atoms. The highest BCUT2D eigenvalue weighted by Gasteiger charge is 2.01. The van der Waals surface area contributed by atoms with Crippen molar-refractivity contribution >= 4 is 30.0 Å². The van der Waals surface area contributed by atoms with Gasteiger partial charge in [-0.2, -0.15) is 0 Å². The standard InChI is InChI=1S/C9H8NOPS/c11-12-6-5-9-10-7-3-1-2-4-8(7)13-9/h1-4H,5-6H2. The van der Waals surface area contributed by atoms with E-state index in [-0.39, 0.29) is 8.46 Å². The van der Waals surface area contributed by atoms with Crippen molar-refractivity contribution in [3.63, 3.8) is 0 Å². The molecule has 0 atom stereocenters. The third kappa shape index (κ3) is 1.93. The molecule has 0 aliphatic heterocycles. The Kier molecular flexibility index (Phi) is 2.67. The molecule has 2 aromatic rings. The van der Waals surface area contributed by atoms with Crippen molar-refractivity contribution < 1.29 is 4.57 Å². The molecule has 0 amide bonds. The second-order valence-electron chi connectivity index (χ2n) is 2.68. The Morgan fingerprint density at radius 3 is 3.00 bits per heavy atom. The molecule has 0 aliphatic carbocycles. The Morgan fingerprint density at radius 2 is 2.23 bits per heavy atom. The van der Waals surface area contributed by atoms with E-state index in [4.69, 9.17) is 0 Å². The number of thiazole rings is 1. The number of hydrogen-bond donors (Lipinski definition) is 0. The number of aromatic nitrogens is 1. The molecule has 0 unspecified atom stereocenters. The molecule has 13 heavy (non-hydrogen) atoms. The van der Waals surface area contributed by atoms with Crippen LogP contribution in [0.2, 0.25) is 0 Å². The van der Waals surface area contributed by atoms with Gasteiger partial charge >= 0.3 is 0 Å². The third-order valence-electron chi connectivity index (χ3n) is 1.76. The van der Waals surface area contributed by atoms with Gasteiger partial charge in [-0.3, -0.25) is 4.57 Å². The number of rotatable bonds is 3. The lowest BCUT2D eigenvalue weighted by Gasteiger charge is -1.83. The Bertz CT molecular complexity index is 393. The lowest BCUT2D eigenvalue weighted by Crippen LogP contribution is -1.82. The van der Waals surface area contributed by atoms with Crippen molar-refractivity contribution in [2.24, 2.45) is 0 Å². The smallest absolute Gasteiger partial charge is 0.155 e. The van der Waals surface area contributed by atoms with E-state index in [1.54, 1.807) is 11.3 Å². The van der Waals surface area contributed by atoms with Gasteiger partial charge in [-0.25, -0.2) is 4.98 Å². The monoisotopic (exact) mass is 209 g/mol. The molecule has 1 aromatic heterocycles. The summed E-state index contributed by atoms with van der Waals surface area (Å²) in [5.74, 6) is 0. The fourth-order valence-corrected chi connectivity index (χ4v) is 2.59. The summed E-state index contributed by atoms with van der Waals surface area (Å²) in [7, 11) is 0.205. The van der Waals surface area contributed by atoms with E-state index in [1.807, 2.05) is 18.2 Å². The maximum Gasteiger partial charge on any atom is 0.155 e. The van der Waals surface area contributed by atoms with E-state index in [0.29, 0.717) is 6.16 Å². The Balaban J connectivity index is 2.32. The lowest BCUT2D eigenvalue weighted by atomic mass is 10.3. The van der Waals surface area contributed by atoms with Crippen LogP contribution in [0, 0.1) is 0 Å². The average molecular weight is 209 g/mol. The summed E-state index contributed by atoms with van der Waals surface area (Å²) in [6.07, 6.45) is 1.48. The van der Waals surface area contributed by atoms with Crippen molar-refractivity contribution in [1.82, 2.24) is 4.98 Å². The van der Waals surface area contributed by atoms with Gasteiger partial charge in [0.1, 0.15) is 0 Å². The first kappa shape index (κ1) is 8.79. The molecule has 0 aliphatic rings. The van der Waals surface area contributed by atoms with Gasteiger partial charge in [0.25, 0.3) is 0 Å². The first-order chi connectivity index (χ1) is 6.40. The maximum atomic E-state index is 10.3. The Labute approximate surface area is 81.8 Å². The van der Waals surface area contributed by atoms with Crippen molar-refractivity contribution in [2.75, 3.05) is 6.16 Å². The summed E-state index contributed by atoms with van der Waals surface area (Å²) in [6, 6.07) is 8.06. The van der Waals surface area contributed by atoms with E-state index in [0.717, 1.165) is 16.9 Å². The van der Waals surface area contributed by atoms with Crippen LogP contribution in [0.5, 0.6) is 0 Å². The number of para-hydroxylation sites is 1. The van der Waals surface area contributed by atoms with E-state index < -0.39 is 0 Å². The van der Waals surface area contributed by atoms with Crippen molar-refractivity contribution in [1.29, 1.82) is 0 Å². The van der Waals surface area contributed by atoms with Crippen LogP contribution < -0.4 is 0 Å². The van der Waals surface area contributed by atoms with Gasteiger partial charge in [0.05, 0.1) is 15.2 Å². The summed E-state index contributed by atoms with van der Waals surface area (Å²) in [4.78, 5) is 4.43. The van der Waals surface area contributed by atoms with Crippen molar-refractivity contribution in [2.45, 2.75) is 6.42 Å². The van der Waals surface area contributed by atoms with Crippen LogP contribution >= 0.6 is 19.8 Å². The average Bonchev–Trinajstić information content (AvgIpc) is 2.57. The number of nitrogens with zero attached hydrogens (tertiary/aromatic N) is 1. The molecule has 2 nitrogen and oxygen atoms in total. The van der Waals surface area contributed by atoms with Gasteiger partial charge in [-0.15, -0.1) is 11.3 Å². The van der Waals surface area contributed by atoms with Crippen LogP contribution in [-0.4, -0.2) is 11.1 Å². The van der Waals surface area contributed by atoms with E-state index in [9.17, 15) is 4.57 Å². The quantitative estimate of drug-likeness (QED) is 0.727. The van der Waals surface area contributed by atoms with Gasteiger partial charge in [-0.1, -0.05) is 12.1 Å². The van der Waals surface area contributed by atoms with Crippen LogP contribution in [0.25, 0.3) is 10.2 Å². The molecule has 0 saturated carbocycles. The highest BCUT2D eigenvalue weighted by Crippen LogP contribution is 2.22. The van der Waals surface area contributed by atoms with Gasteiger partial charge in [0, 0.05) is 12.6 Å². The first-order valence-electron chi connectivity index (χ1n) is 4.04. The predicted octanol–water partition coefficient (Wildman–Crippen LogP) is 3.13. The topological polar surface area (TPSA) is 30.0 Å². The van der Waals surface area contributed by atoms with Gasteiger partial charge in [0.15, 0.2) is 8.46 Å². The molecule has 0 bridgehead atoms. The van der Waals surface area contributed by atoms with Crippen LogP contribution in [0.4, 0.5) is 0 Å². The molecule has 1 aromatic carbocycles. The molecule has 0 radical (unpaired) electrons. The molecular formula is C9H8NOPS. The van der Waals surface area contributed by atoms with Gasteiger partial charge in [-0.05, 0) is 12.1 Å². The number of aryl methyl sites for hydroxylation is 1. The number of fused-ring (bicyclic) bond motifs is 1. The number of benzene rings is 1. The minimum atomic E-state index is 0.205. The molecule has 0 fully saturated rings. The van der Waals surface area contributed by atoms with Crippen LogP contribution in [0.3, 0.4) is 0 Å². The fourth-order valence-electron chi connectivity index (χ4n) is 1.17. The zero-order valence-corrected chi connectivity index (χ0v) is 8.65. The second-order valence-corrected chi connectivity index (χ2v) is 4.50. The summed E-state index contributed by atoms with van der Waals surface area (Å²) < 4.78 is 11.5. The second kappa shape index (κ2) is 3.95. The predicted molar refractivity (Wildman–Crippen MR) is 55.8 cm³/mol. The Hall–Kier alpha value is -0.790. The number of hydrogen-bond acceptors (Lipinski definition) is 3. The van der Waals surface area contributed by atoms with Crippen LogP contribution in [0.15, 0.2) is 24.3 Å². The van der Waals surface area contributed by atoms with Gasteiger partial charge < -0.3 is 0 Å². The molecule has 66 valence electrons. The maximum absolute atomic E-state index is 10.3. The minimum absolute atomic E-state index is 0.205. The summed E-state index contributed by atoms with van der Waals surface area (Å²) in [6.45, 7) is 0. The molecule has 2 rings (SSSR count). The van der Waals surface area contributed by atoms with Crippen LogP contribution in [0.1, 0.15) is 5.01 Å². The first-order valence-corrected chi connectivity index (χ1v) is 5.85. The molecular weight excluding hydrogens is 201 g/mol. The minimum Gasteiger partial charge on any atom is -0.275 e. The molecule has 0 N–H and O–H groups in total. The largest absolute Gasteiger partial charge is 0.275 e. The highest BCUT2D eigenvalue weighted by molar-refractivity contribution is 7.23. The van der Waals surface area contributed by atoms with Crippen molar-refractivity contribution in [3.05, 3.63) is 29.3 Å². The van der Waals surface area contributed by atoms with Crippen LogP contribution in [-0.2, 0) is 11.0 Å². The fraction of sp³-hybridized carbons (Fsp3) is 0.222. The molecule has 0 saturated heterocycles. The Morgan fingerprint density at radius 1 is 1.38 bits per heavy atom. The van der Waals surface area contributed by atoms with Crippen molar-refractivity contribution in [3.8, 4) is 0 Å².